The number of nitrogens with two attached hydrogens (primary N) is 1. The number of rotatable bonds is 1. The third-order valence-electron chi connectivity index (χ3n) is 4.09. The van der Waals surface area contributed by atoms with Gasteiger partial charge in [-0.2, -0.15) is 0 Å². The number of carboxylic acid groups (broad SMARTS) is 1. The first-order chi connectivity index (χ1) is 9.04. The molecule has 2 saturated heterocycles. The summed E-state index contributed by atoms with van der Waals surface area (Å²) in [6, 6.07) is 4.10. The van der Waals surface area contributed by atoms with E-state index in [0.29, 0.717) is 24.8 Å². The number of hydrogen-bond donors (Lipinski definition) is 2. The Balaban J connectivity index is 1.84. The van der Waals surface area contributed by atoms with Gasteiger partial charge in [-0.3, -0.25) is 0 Å². The van der Waals surface area contributed by atoms with Gasteiger partial charge in [0.1, 0.15) is 11.6 Å². The minimum Gasteiger partial charge on any atom is -0.465 e. The maximum atomic E-state index is 11.1. The van der Waals surface area contributed by atoms with Gasteiger partial charge in [-0.1, -0.05) is 0 Å². The van der Waals surface area contributed by atoms with E-state index in [9.17, 15) is 4.79 Å². The Morgan fingerprint density at radius 1 is 1.47 bits per heavy atom. The van der Waals surface area contributed by atoms with Crippen LogP contribution in [0.2, 0.25) is 0 Å². The van der Waals surface area contributed by atoms with Gasteiger partial charge < -0.3 is 20.6 Å². The molecule has 0 aromatic carbocycles. The van der Waals surface area contributed by atoms with Gasteiger partial charge in [-0.25, -0.2) is 9.78 Å². The van der Waals surface area contributed by atoms with E-state index >= 15 is 0 Å². The highest BCUT2D eigenvalue weighted by Gasteiger charge is 2.43. The quantitative estimate of drug-likeness (QED) is 0.793. The van der Waals surface area contributed by atoms with E-state index in [4.69, 9.17) is 10.8 Å². The first-order valence-corrected chi connectivity index (χ1v) is 6.53. The second-order valence-electron chi connectivity index (χ2n) is 5.42. The zero-order chi connectivity index (χ0) is 13.6. The summed E-state index contributed by atoms with van der Waals surface area (Å²) in [5.41, 5.74) is 6.88. The highest BCUT2D eigenvalue weighted by Crippen LogP contribution is 2.34. The molecule has 2 unspecified atom stereocenters. The second kappa shape index (κ2) is 4.29. The number of nitrogen functional groups attached to an aromatic ring is 1. The lowest BCUT2D eigenvalue weighted by molar-refractivity contribution is 0.153. The lowest BCUT2D eigenvalue weighted by Crippen LogP contribution is -2.37. The third-order valence-corrected chi connectivity index (χ3v) is 4.09. The number of aryl methyl sites for hydroxylation is 1. The number of fused-ring (bicyclic) bond motifs is 1. The molecule has 0 spiro atoms. The van der Waals surface area contributed by atoms with Crippen LogP contribution in [0.5, 0.6) is 0 Å². The summed E-state index contributed by atoms with van der Waals surface area (Å²) in [7, 11) is 0. The molecule has 102 valence electrons. The molecule has 2 aliphatic rings. The van der Waals surface area contributed by atoms with E-state index in [2.05, 4.69) is 9.88 Å². The summed E-state index contributed by atoms with van der Waals surface area (Å²) in [6.07, 6.45) is 0.190. The van der Waals surface area contributed by atoms with Gasteiger partial charge in [0.2, 0.25) is 0 Å². The van der Waals surface area contributed by atoms with Crippen LogP contribution in [0.1, 0.15) is 12.0 Å². The van der Waals surface area contributed by atoms with Gasteiger partial charge in [-0.05, 0) is 31.0 Å². The molecule has 0 radical (unpaired) electrons. The van der Waals surface area contributed by atoms with Gasteiger partial charge in [0.15, 0.2) is 0 Å². The molecule has 2 aliphatic heterocycles. The van der Waals surface area contributed by atoms with Crippen LogP contribution in [-0.4, -0.2) is 46.8 Å². The molecule has 1 amide bonds. The molecule has 1 aromatic rings. The number of carbonyl (C=O) groups is 1. The smallest absolute Gasteiger partial charge is 0.407 e. The van der Waals surface area contributed by atoms with Gasteiger partial charge in [0.05, 0.1) is 6.04 Å². The Morgan fingerprint density at radius 2 is 2.26 bits per heavy atom. The highest BCUT2D eigenvalue weighted by molar-refractivity contribution is 5.66. The number of nitrogens with zero attached hydrogens (tertiary/aromatic N) is 3. The van der Waals surface area contributed by atoms with Crippen LogP contribution in [0.4, 0.5) is 16.4 Å². The van der Waals surface area contributed by atoms with E-state index in [1.165, 1.54) is 4.90 Å². The van der Waals surface area contributed by atoms with Crippen molar-refractivity contribution in [2.75, 3.05) is 30.3 Å². The first kappa shape index (κ1) is 12.1. The molecule has 0 saturated carbocycles. The summed E-state index contributed by atoms with van der Waals surface area (Å²) >= 11 is 0. The van der Waals surface area contributed by atoms with Crippen molar-refractivity contribution in [2.24, 2.45) is 5.92 Å². The van der Waals surface area contributed by atoms with Gasteiger partial charge >= 0.3 is 6.09 Å². The number of hydrogen-bond acceptors (Lipinski definition) is 4. The lowest BCUT2D eigenvalue weighted by Gasteiger charge is -2.25. The Bertz CT molecular complexity index is 499. The summed E-state index contributed by atoms with van der Waals surface area (Å²) in [5, 5.41) is 9.09. The average molecular weight is 262 g/mol. The molecular weight excluding hydrogens is 244 g/mol. The van der Waals surface area contributed by atoms with Gasteiger partial charge in [-0.15, -0.1) is 0 Å². The molecule has 6 heteroatoms. The molecule has 3 N–H and O–H groups in total. The van der Waals surface area contributed by atoms with E-state index in [-0.39, 0.29) is 6.04 Å². The van der Waals surface area contributed by atoms with E-state index in [1.54, 1.807) is 0 Å². The maximum Gasteiger partial charge on any atom is 0.407 e. The second-order valence-corrected chi connectivity index (χ2v) is 5.42. The number of aromatic nitrogens is 1. The van der Waals surface area contributed by atoms with Crippen LogP contribution < -0.4 is 10.6 Å². The number of amides is 1. The van der Waals surface area contributed by atoms with Crippen molar-refractivity contribution in [3.8, 4) is 0 Å². The largest absolute Gasteiger partial charge is 0.465 e. The summed E-state index contributed by atoms with van der Waals surface area (Å²) in [5.74, 6) is 1.81. The van der Waals surface area contributed by atoms with Crippen LogP contribution >= 0.6 is 0 Å². The molecule has 3 heterocycles. The van der Waals surface area contributed by atoms with E-state index < -0.39 is 6.09 Å². The molecule has 0 aliphatic carbocycles. The summed E-state index contributed by atoms with van der Waals surface area (Å²) in [6.45, 7) is 4.12. The van der Waals surface area contributed by atoms with Crippen molar-refractivity contribution in [1.82, 2.24) is 9.88 Å². The average Bonchev–Trinajstić information content (AvgIpc) is 2.85. The Labute approximate surface area is 111 Å². The SMILES string of the molecule is Cc1cc(N)nc(N2CCC3CN(C(=O)O)CC32)c1. The van der Waals surface area contributed by atoms with Crippen LogP contribution in [0.15, 0.2) is 12.1 Å². The number of anilines is 2. The first-order valence-electron chi connectivity index (χ1n) is 6.53. The summed E-state index contributed by atoms with van der Waals surface area (Å²) in [4.78, 5) is 19.1. The van der Waals surface area contributed by atoms with E-state index in [1.807, 2.05) is 19.1 Å². The van der Waals surface area contributed by atoms with Crippen molar-refractivity contribution in [3.63, 3.8) is 0 Å². The van der Waals surface area contributed by atoms with Gasteiger partial charge in [0.25, 0.3) is 0 Å². The monoisotopic (exact) mass is 262 g/mol. The fraction of sp³-hybridized carbons (Fsp3) is 0.538. The molecule has 0 bridgehead atoms. The molecule has 3 rings (SSSR count). The Kier molecular flexibility index (Phi) is 2.73. The maximum absolute atomic E-state index is 11.1. The van der Waals surface area contributed by atoms with Crippen LogP contribution in [0.3, 0.4) is 0 Å². The highest BCUT2D eigenvalue weighted by atomic mass is 16.4. The standard InChI is InChI=1S/C13H18N4O2/c1-8-4-11(14)15-12(5-8)17-3-2-9-6-16(13(18)19)7-10(9)17/h4-5,9-10H,2-3,6-7H2,1H3,(H2,14,15)(H,18,19). The Hall–Kier alpha value is -1.98. The zero-order valence-electron chi connectivity index (χ0n) is 10.9. The lowest BCUT2D eigenvalue weighted by atomic mass is 10.1. The minimum absolute atomic E-state index is 0.241. The van der Waals surface area contributed by atoms with Crippen LogP contribution in [0, 0.1) is 12.8 Å². The Morgan fingerprint density at radius 3 is 2.95 bits per heavy atom. The molecule has 19 heavy (non-hydrogen) atoms. The summed E-state index contributed by atoms with van der Waals surface area (Å²) < 4.78 is 0. The molecule has 6 nitrogen and oxygen atoms in total. The minimum atomic E-state index is -0.828. The normalized spacial score (nSPS) is 25.7. The van der Waals surface area contributed by atoms with Crippen LogP contribution in [0.25, 0.3) is 0 Å². The van der Waals surface area contributed by atoms with Crippen LogP contribution in [-0.2, 0) is 0 Å². The third kappa shape index (κ3) is 2.07. The predicted octanol–water partition coefficient (Wildman–Crippen LogP) is 1.16. The predicted molar refractivity (Wildman–Crippen MR) is 72.2 cm³/mol. The van der Waals surface area contributed by atoms with Crippen molar-refractivity contribution in [1.29, 1.82) is 0 Å². The van der Waals surface area contributed by atoms with Crippen molar-refractivity contribution in [2.45, 2.75) is 19.4 Å². The molecular formula is C13H18N4O2. The molecule has 2 atom stereocenters. The number of pyridine rings is 1. The fourth-order valence-corrected chi connectivity index (χ4v) is 3.22. The topological polar surface area (TPSA) is 82.7 Å². The fourth-order valence-electron chi connectivity index (χ4n) is 3.22. The van der Waals surface area contributed by atoms with Crippen molar-refractivity contribution < 1.29 is 9.90 Å². The molecule has 2 fully saturated rings. The zero-order valence-corrected chi connectivity index (χ0v) is 10.9. The number of likely N-dealkylation sites (tertiary alicyclic amines) is 1. The van der Waals surface area contributed by atoms with Crippen molar-refractivity contribution in [3.05, 3.63) is 17.7 Å². The van der Waals surface area contributed by atoms with E-state index in [0.717, 1.165) is 24.3 Å². The van der Waals surface area contributed by atoms with Gasteiger partial charge in [0, 0.05) is 25.6 Å². The van der Waals surface area contributed by atoms with Crippen molar-refractivity contribution >= 4 is 17.7 Å². The molecule has 1 aromatic heterocycles.